The van der Waals surface area contributed by atoms with E-state index in [1.54, 1.807) is 0 Å². The molecule has 3 N–H and O–H groups in total. The van der Waals surface area contributed by atoms with Crippen LogP contribution < -0.4 is 0 Å². The van der Waals surface area contributed by atoms with Gasteiger partial charge in [-0.15, -0.1) is 0 Å². The Balaban J connectivity index is 0. The average Bonchev–Trinajstić information content (AvgIpc) is 2.36. The maximum Gasteiger partial charge on any atom is 0.469 e. The Hall–Kier alpha value is -0.230. The summed E-state index contributed by atoms with van der Waals surface area (Å²) in [5, 5.41) is 8.64. The molecule has 0 saturated heterocycles. The fourth-order valence-electron chi connectivity index (χ4n) is 1.24. The molecule has 116 valence electrons. The molecule has 0 saturated carbocycles. The van der Waals surface area contributed by atoms with Gasteiger partial charge in [0.25, 0.3) is 0 Å². The normalized spacial score (nSPS) is 12.3. The highest BCUT2D eigenvalue weighted by atomic mass is 31.2. The summed E-state index contributed by atoms with van der Waals surface area (Å²) >= 11 is 0. The second kappa shape index (κ2) is 12.8. The molecule has 0 fully saturated rings. The van der Waals surface area contributed by atoms with Crippen LogP contribution in [0, 0.1) is 0 Å². The second-order valence-electron chi connectivity index (χ2n) is 3.78. The Morgan fingerprint density at radius 1 is 1.16 bits per heavy atom. The first-order chi connectivity index (χ1) is 8.84. The van der Waals surface area contributed by atoms with E-state index in [0.29, 0.717) is 12.0 Å². The molecule has 0 radical (unpaired) electrons. The van der Waals surface area contributed by atoms with Crippen LogP contribution in [0.3, 0.4) is 0 Å². The van der Waals surface area contributed by atoms with Gasteiger partial charge in [0.05, 0.1) is 13.2 Å². The Labute approximate surface area is 116 Å². The van der Waals surface area contributed by atoms with E-state index in [0.717, 1.165) is 0 Å². The second-order valence-corrected chi connectivity index (χ2v) is 5.02. The van der Waals surface area contributed by atoms with E-state index < -0.39 is 7.82 Å². The number of aliphatic hydroxyl groups excluding tert-OH is 1. The largest absolute Gasteiger partial charge is 0.469 e. The van der Waals surface area contributed by atoms with Crippen molar-refractivity contribution in [2.45, 2.75) is 34.1 Å². The van der Waals surface area contributed by atoms with E-state index >= 15 is 0 Å². The highest BCUT2D eigenvalue weighted by Gasteiger charge is 2.11. The third-order valence-corrected chi connectivity index (χ3v) is 3.10. The van der Waals surface area contributed by atoms with E-state index in [-0.39, 0.29) is 13.2 Å². The van der Waals surface area contributed by atoms with E-state index in [1.165, 1.54) is 25.7 Å². The van der Waals surface area contributed by atoms with Crippen molar-refractivity contribution in [2.24, 2.45) is 0 Å². The lowest BCUT2D eigenvalue weighted by Gasteiger charge is -2.13. The van der Waals surface area contributed by atoms with Crippen LogP contribution in [-0.2, 0) is 9.09 Å². The van der Waals surface area contributed by atoms with Gasteiger partial charge >= 0.3 is 7.82 Å². The first-order valence-corrected chi connectivity index (χ1v) is 8.08. The van der Waals surface area contributed by atoms with Gasteiger partial charge in [0.15, 0.2) is 0 Å². The van der Waals surface area contributed by atoms with Crippen LogP contribution in [0.4, 0.5) is 0 Å². The molecule has 0 rings (SSSR count). The van der Waals surface area contributed by atoms with E-state index in [1.807, 2.05) is 6.92 Å². The van der Waals surface area contributed by atoms with Gasteiger partial charge in [-0.25, -0.2) is 4.57 Å². The maximum atomic E-state index is 10.2. The van der Waals surface area contributed by atoms with Gasteiger partial charge < -0.3 is 19.8 Å². The number of rotatable bonds is 8. The van der Waals surface area contributed by atoms with Crippen LogP contribution in [0.15, 0.2) is 11.6 Å². The molecule has 19 heavy (non-hydrogen) atoms. The first-order valence-electron chi connectivity index (χ1n) is 6.55. The lowest BCUT2D eigenvalue weighted by molar-refractivity contribution is 0.214. The van der Waals surface area contributed by atoms with Crippen molar-refractivity contribution in [1.29, 1.82) is 0 Å². The van der Waals surface area contributed by atoms with Crippen LogP contribution in [0.1, 0.15) is 34.1 Å². The summed E-state index contributed by atoms with van der Waals surface area (Å²) in [6, 6.07) is 0. The summed E-state index contributed by atoms with van der Waals surface area (Å²) in [6.07, 6.45) is 2.10. The molecular weight excluding hydrogens is 269 g/mol. The Morgan fingerprint density at radius 2 is 1.63 bits per heavy atom. The predicted molar refractivity (Wildman–Crippen MR) is 76.9 cm³/mol. The SMILES string of the molecule is CC/C(=C\COP(=O)(O)O)CO.CCN(CC)CC. The van der Waals surface area contributed by atoms with Crippen LogP contribution >= 0.6 is 7.82 Å². The topological polar surface area (TPSA) is 90.2 Å². The third kappa shape index (κ3) is 15.7. The minimum atomic E-state index is -4.37. The number of phosphoric ester groups is 1. The molecule has 0 spiro atoms. The van der Waals surface area contributed by atoms with Gasteiger partial charge in [-0.1, -0.05) is 33.8 Å². The summed E-state index contributed by atoms with van der Waals surface area (Å²) in [4.78, 5) is 18.9. The van der Waals surface area contributed by atoms with E-state index in [2.05, 4.69) is 30.2 Å². The molecule has 0 aliphatic carbocycles. The quantitative estimate of drug-likeness (QED) is 0.467. The van der Waals surface area contributed by atoms with Crippen LogP contribution in [-0.4, -0.2) is 52.6 Å². The molecular formula is C12H28NO5P. The summed E-state index contributed by atoms with van der Waals surface area (Å²) in [6.45, 7) is 11.7. The number of aliphatic hydroxyl groups is 1. The molecule has 0 aromatic heterocycles. The third-order valence-electron chi connectivity index (χ3n) is 2.61. The zero-order valence-electron chi connectivity index (χ0n) is 12.4. The molecule has 0 aliphatic heterocycles. The van der Waals surface area contributed by atoms with Gasteiger partial charge in [-0.05, 0) is 31.6 Å². The van der Waals surface area contributed by atoms with Crippen molar-refractivity contribution in [2.75, 3.05) is 32.8 Å². The summed E-state index contributed by atoms with van der Waals surface area (Å²) < 4.78 is 14.3. The molecule has 0 amide bonds. The highest BCUT2D eigenvalue weighted by Crippen LogP contribution is 2.35. The number of phosphoric acid groups is 1. The van der Waals surface area contributed by atoms with Gasteiger partial charge in [0.1, 0.15) is 0 Å². The Bertz CT molecular complexity index is 262. The molecule has 0 bridgehead atoms. The maximum absolute atomic E-state index is 10.2. The highest BCUT2D eigenvalue weighted by molar-refractivity contribution is 7.46. The first kappa shape index (κ1) is 21.1. The van der Waals surface area contributed by atoms with Gasteiger partial charge in [-0.2, -0.15) is 0 Å². The summed E-state index contributed by atoms with van der Waals surface area (Å²) in [7, 11) is -4.37. The van der Waals surface area contributed by atoms with Gasteiger partial charge in [0.2, 0.25) is 0 Å². The standard InChI is InChI=1S/C6H15N.C6H13O5P/c1-4-7(5-2)6-3;1-2-6(5-7)3-4-11-12(8,9)10/h4-6H2,1-3H3;3,7H,2,4-5H2,1H3,(H2,8,9,10)/b;6-3+. The van der Waals surface area contributed by atoms with E-state index in [4.69, 9.17) is 14.9 Å². The van der Waals surface area contributed by atoms with Crippen molar-refractivity contribution in [3.63, 3.8) is 0 Å². The predicted octanol–water partition coefficient (Wildman–Crippen LogP) is 1.77. The van der Waals surface area contributed by atoms with Gasteiger partial charge in [-0.3, -0.25) is 4.52 Å². The average molecular weight is 297 g/mol. The fraction of sp³-hybridized carbons (Fsp3) is 0.833. The lowest BCUT2D eigenvalue weighted by atomic mass is 10.2. The lowest BCUT2D eigenvalue weighted by Crippen LogP contribution is -2.21. The molecule has 0 heterocycles. The number of hydrogen-bond donors (Lipinski definition) is 3. The molecule has 0 aromatic carbocycles. The molecule has 0 unspecified atom stereocenters. The fourth-order valence-corrected chi connectivity index (χ4v) is 1.51. The molecule has 0 atom stereocenters. The monoisotopic (exact) mass is 297 g/mol. The zero-order chi connectivity index (χ0) is 15.3. The number of hydrogen-bond acceptors (Lipinski definition) is 4. The minimum absolute atomic E-state index is 0.110. The smallest absolute Gasteiger partial charge is 0.392 e. The minimum Gasteiger partial charge on any atom is -0.392 e. The van der Waals surface area contributed by atoms with Crippen molar-refractivity contribution < 1.29 is 24.0 Å². The van der Waals surface area contributed by atoms with Crippen molar-refractivity contribution in [3.8, 4) is 0 Å². The molecule has 7 heteroatoms. The Morgan fingerprint density at radius 3 is 1.84 bits per heavy atom. The molecule has 6 nitrogen and oxygen atoms in total. The van der Waals surface area contributed by atoms with E-state index in [9.17, 15) is 4.57 Å². The van der Waals surface area contributed by atoms with Crippen LogP contribution in [0.2, 0.25) is 0 Å². The molecule has 0 aliphatic rings. The van der Waals surface area contributed by atoms with Crippen molar-refractivity contribution >= 4 is 7.82 Å². The van der Waals surface area contributed by atoms with Crippen molar-refractivity contribution in [1.82, 2.24) is 4.90 Å². The van der Waals surface area contributed by atoms with Gasteiger partial charge in [0, 0.05) is 0 Å². The number of nitrogens with zero attached hydrogens (tertiary/aromatic N) is 1. The zero-order valence-corrected chi connectivity index (χ0v) is 13.3. The van der Waals surface area contributed by atoms with Crippen molar-refractivity contribution in [3.05, 3.63) is 11.6 Å². The van der Waals surface area contributed by atoms with Crippen LogP contribution in [0.25, 0.3) is 0 Å². The summed E-state index contributed by atoms with van der Waals surface area (Å²) in [5.74, 6) is 0. The summed E-state index contributed by atoms with van der Waals surface area (Å²) in [5.41, 5.74) is 0.698. The Kier molecular flexibility index (Phi) is 14.2. The van der Waals surface area contributed by atoms with Crippen LogP contribution in [0.5, 0.6) is 0 Å². The molecule has 0 aromatic rings.